The zero-order valence-electron chi connectivity index (χ0n) is 16.7. The summed E-state index contributed by atoms with van der Waals surface area (Å²) in [5.41, 5.74) is 1.08. The number of carbonyl (C=O) groups excluding carboxylic acids is 1. The minimum atomic E-state index is -0.0236. The van der Waals surface area contributed by atoms with Crippen LogP contribution >= 0.6 is 11.6 Å². The summed E-state index contributed by atoms with van der Waals surface area (Å²) >= 11 is 6.66. The van der Waals surface area contributed by atoms with E-state index in [2.05, 4.69) is 15.2 Å². The molecule has 6 nitrogen and oxygen atoms in total. The first-order chi connectivity index (χ1) is 13.5. The molecule has 1 aliphatic carbocycles. The molecule has 1 N–H and O–H groups in total. The fourth-order valence-electron chi connectivity index (χ4n) is 4.83. The number of fused-ring (bicyclic) bond motifs is 2. The van der Waals surface area contributed by atoms with E-state index in [1.54, 1.807) is 0 Å². The Bertz CT molecular complexity index is 690. The molecule has 0 unspecified atom stereocenters. The molecule has 2 saturated heterocycles. The van der Waals surface area contributed by atoms with E-state index in [0.29, 0.717) is 42.1 Å². The number of nitrogens with zero attached hydrogens (tertiary/aromatic N) is 2. The molecule has 0 aromatic carbocycles. The highest BCUT2D eigenvalue weighted by atomic mass is 35.5. The van der Waals surface area contributed by atoms with Gasteiger partial charge in [-0.25, -0.2) is 4.98 Å². The lowest BCUT2D eigenvalue weighted by molar-refractivity contribution is -0.120. The van der Waals surface area contributed by atoms with Crippen molar-refractivity contribution < 1.29 is 14.3 Å². The van der Waals surface area contributed by atoms with Crippen LogP contribution in [0.1, 0.15) is 52.4 Å². The van der Waals surface area contributed by atoms with Crippen LogP contribution in [0.25, 0.3) is 0 Å². The molecule has 154 valence electrons. The van der Waals surface area contributed by atoms with Gasteiger partial charge in [-0.2, -0.15) is 0 Å². The lowest BCUT2D eigenvalue weighted by Gasteiger charge is -2.35. The Hall–Kier alpha value is -1.53. The molecular formula is C21H30ClN3O3. The number of nitrogens with one attached hydrogen (secondary N) is 1. The molecule has 28 heavy (non-hydrogen) atoms. The van der Waals surface area contributed by atoms with Crippen LogP contribution in [0, 0.1) is 5.92 Å². The molecule has 7 heteroatoms. The summed E-state index contributed by atoms with van der Waals surface area (Å²) in [6, 6.07) is 3.32. The standard InChI is InChI=1S/C21H30ClN3O3/c1-13(24-14(2)26)11-27-18-9-15(10-18)12-28-21-20(22)19(7-8-23-21)25-16-3-4-17(25)6-5-16/h7-8,13,15-18H,3-6,9-12H2,1-2H3,(H,24,26)/t13-,15-,16?,17?,18-/m0/s1. The quantitative estimate of drug-likeness (QED) is 0.713. The summed E-state index contributed by atoms with van der Waals surface area (Å²) in [7, 11) is 0. The number of pyridine rings is 1. The third-order valence-electron chi connectivity index (χ3n) is 6.25. The highest BCUT2D eigenvalue weighted by Gasteiger charge is 2.40. The molecule has 0 radical (unpaired) electrons. The Morgan fingerprint density at radius 3 is 2.64 bits per heavy atom. The summed E-state index contributed by atoms with van der Waals surface area (Å²) in [5, 5.41) is 3.48. The number of rotatable bonds is 8. The number of amides is 1. The van der Waals surface area contributed by atoms with Crippen LogP contribution in [0.15, 0.2) is 12.3 Å². The van der Waals surface area contributed by atoms with Crippen LogP contribution in [0.3, 0.4) is 0 Å². The summed E-state index contributed by atoms with van der Waals surface area (Å²) in [6.45, 7) is 4.64. The molecule has 1 aromatic heterocycles. The van der Waals surface area contributed by atoms with Crippen molar-refractivity contribution in [1.82, 2.24) is 10.3 Å². The first kappa shape index (κ1) is 19.8. The van der Waals surface area contributed by atoms with Gasteiger partial charge in [0, 0.05) is 31.2 Å². The van der Waals surface area contributed by atoms with Gasteiger partial charge in [-0.05, 0) is 57.4 Å². The van der Waals surface area contributed by atoms with Crippen molar-refractivity contribution in [3.8, 4) is 5.88 Å². The van der Waals surface area contributed by atoms with Gasteiger partial charge in [0.05, 0.1) is 25.0 Å². The Morgan fingerprint density at radius 2 is 2.00 bits per heavy atom. The Morgan fingerprint density at radius 1 is 1.32 bits per heavy atom. The molecule has 3 heterocycles. The van der Waals surface area contributed by atoms with Crippen molar-refractivity contribution in [3.05, 3.63) is 17.3 Å². The maximum atomic E-state index is 11.0. The van der Waals surface area contributed by atoms with Crippen molar-refractivity contribution in [2.45, 2.75) is 76.6 Å². The molecule has 1 atom stereocenters. The van der Waals surface area contributed by atoms with Crippen LogP contribution in [0.2, 0.25) is 5.02 Å². The molecule has 1 amide bonds. The summed E-state index contributed by atoms with van der Waals surface area (Å²) in [4.78, 5) is 17.9. The number of hydrogen-bond donors (Lipinski definition) is 1. The van der Waals surface area contributed by atoms with Crippen molar-refractivity contribution in [2.24, 2.45) is 5.92 Å². The zero-order valence-corrected chi connectivity index (χ0v) is 17.5. The maximum absolute atomic E-state index is 11.0. The SMILES string of the molecule is CC(=O)N[C@@H](C)CO[C@H]1C[C@H](COc2nccc(N3C4CCC3CC4)c2Cl)C1. The van der Waals surface area contributed by atoms with E-state index in [4.69, 9.17) is 21.1 Å². The summed E-state index contributed by atoms with van der Waals surface area (Å²) < 4.78 is 11.8. The highest BCUT2D eigenvalue weighted by Crippen LogP contribution is 2.45. The second-order valence-electron chi connectivity index (χ2n) is 8.52. The van der Waals surface area contributed by atoms with E-state index >= 15 is 0 Å². The van der Waals surface area contributed by atoms with Gasteiger partial charge in [0.1, 0.15) is 5.02 Å². The van der Waals surface area contributed by atoms with Gasteiger partial charge in [-0.3, -0.25) is 4.79 Å². The van der Waals surface area contributed by atoms with E-state index in [1.165, 1.54) is 32.6 Å². The van der Waals surface area contributed by atoms with E-state index in [-0.39, 0.29) is 18.1 Å². The van der Waals surface area contributed by atoms with Gasteiger partial charge in [-0.1, -0.05) is 11.6 Å². The van der Waals surface area contributed by atoms with E-state index < -0.39 is 0 Å². The van der Waals surface area contributed by atoms with Gasteiger partial charge in [-0.15, -0.1) is 0 Å². The second kappa shape index (κ2) is 8.46. The van der Waals surface area contributed by atoms with E-state index in [1.807, 2.05) is 19.2 Å². The molecule has 1 aromatic rings. The number of aromatic nitrogens is 1. The van der Waals surface area contributed by atoms with Gasteiger partial charge in [0.15, 0.2) is 0 Å². The number of carbonyl (C=O) groups is 1. The minimum Gasteiger partial charge on any atom is -0.476 e. The monoisotopic (exact) mass is 407 g/mol. The number of hydrogen-bond acceptors (Lipinski definition) is 5. The predicted octanol–water partition coefficient (Wildman–Crippen LogP) is 3.56. The van der Waals surface area contributed by atoms with Crippen molar-refractivity contribution in [2.75, 3.05) is 18.1 Å². The van der Waals surface area contributed by atoms with Crippen LogP contribution < -0.4 is 15.0 Å². The van der Waals surface area contributed by atoms with E-state index in [0.717, 1.165) is 18.5 Å². The van der Waals surface area contributed by atoms with Crippen LogP contribution in [0.4, 0.5) is 5.69 Å². The average Bonchev–Trinajstić information content (AvgIpc) is 3.21. The predicted molar refractivity (Wildman–Crippen MR) is 109 cm³/mol. The normalized spacial score (nSPS) is 29.5. The third kappa shape index (κ3) is 4.23. The van der Waals surface area contributed by atoms with Gasteiger partial charge < -0.3 is 19.7 Å². The Balaban J connectivity index is 1.23. The van der Waals surface area contributed by atoms with Gasteiger partial charge in [0.2, 0.25) is 11.8 Å². The minimum absolute atomic E-state index is 0.0236. The number of ether oxygens (including phenoxy) is 2. The van der Waals surface area contributed by atoms with Crippen LogP contribution in [-0.4, -0.2) is 48.3 Å². The molecule has 3 aliphatic rings. The number of anilines is 1. The Kier molecular flexibility index (Phi) is 5.97. The van der Waals surface area contributed by atoms with Gasteiger partial charge >= 0.3 is 0 Å². The second-order valence-corrected chi connectivity index (χ2v) is 8.90. The fraction of sp³-hybridized carbons (Fsp3) is 0.714. The summed E-state index contributed by atoms with van der Waals surface area (Å²) in [6.07, 6.45) is 9.07. The lowest BCUT2D eigenvalue weighted by atomic mass is 9.83. The average molecular weight is 408 g/mol. The Labute approximate surface area is 171 Å². The largest absolute Gasteiger partial charge is 0.476 e. The zero-order chi connectivity index (χ0) is 19.7. The van der Waals surface area contributed by atoms with Gasteiger partial charge in [0.25, 0.3) is 0 Å². The van der Waals surface area contributed by atoms with Crippen LogP contribution in [-0.2, 0) is 9.53 Å². The molecule has 0 spiro atoms. The molecule has 1 saturated carbocycles. The van der Waals surface area contributed by atoms with E-state index in [9.17, 15) is 4.79 Å². The van der Waals surface area contributed by atoms with Crippen molar-refractivity contribution in [1.29, 1.82) is 0 Å². The fourth-order valence-corrected chi connectivity index (χ4v) is 5.10. The highest BCUT2D eigenvalue weighted by molar-refractivity contribution is 6.34. The first-order valence-electron chi connectivity index (χ1n) is 10.5. The van der Waals surface area contributed by atoms with Crippen molar-refractivity contribution in [3.63, 3.8) is 0 Å². The maximum Gasteiger partial charge on any atom is 0.234 e. The van der Waals surface area contributed by atoms with Crippen LogP contribution in [0.5, 0.6) is 5.88 Å². The molecule has 2 bridgehead atoms. The topological polar surface area (TPSA) is 63.7 Å². The van der Waals surface area contributed by atoms with Crippen molar-refractivity contribution >= 4 is 23.2 Å². The molecule has 2 aliphatic heterocycles. The lowest BCUT2D eigenvalue weighted by Crippen LogP contribution is -2.40. The third-order valence-corrected chi connectivity index (χ3v) is 6.60. The molecule has 4 rings (SSSR count). The molecular weight excluding hydrogens is 378 g/mol. The smallest absolute Gasteiger partial charge is 0.234 e. The summed E-state index contributed by atoms with van der Waals surface area (Å²) in [5.74, 6) is 0.990. The first-order valence-corrected chi connectivity index (χ1v) is 10.8. The number of halogens is 1. The molecule has 3 fully saturated rings.